The highest BCUT2D eigenvalue weighted by atomic mass is 16.5. The largest absolute Gasteiger partial charge is 0.494 e. The molecule has 3 nitrogen and oxygen atoms in total. The fourth-order valence-corrected chi connectivity index (χ4v) is 3.84. The zero-order valence-corrected chi connectivity index (χ0v) is 20.2. The van der Waals surface area contributed by atoms with Crippen molar-refractivity contribution in [3.63, 3.8) is 0 Å². The van der Waals surface area contributed by atoms with E-state index in [2.05, 4.69) is 86.6 Å². The first-order valence-electron chi connectivity index (χ1n) is 12.2. The lowest BCUT2D eigenvalue weighted by atomic mass is 9.94. The van der Waals surface area contributed by atoms with E-state index in [1.54, 1.807) is 0 Å². The van der Waals surface area contributed by atoms with Crippen LogP contribution in [0, 0.1) is 0 Å². The van der Waals surface area contributed by atoms with Crippen LogP contribution < -0.4 is 4.74 Å². The zero-order chi connectivity index (χ0) is 23.5. The Hall–Kier alpha value is -3.07. The van der Waals surface area contributed by atoms with Crippen LogP contribution in [0.2, 0.25) is 0 Å². The van der Waals surface area contributed by atoms with Crippen LogP contribution in [0.15, 0.2) is 72.8 Å². The van der Waals surface area contributed by atoms with Gasteiger partial charge in [-0.2, -0.15) is 0 Å². The maximum Gasteiger partial charge on any atom is 0.306 e. The third-order valence-corrected chi connectivity index (χ3v) is 5.84. The van der Waals surface area contributed by atoms with Crippen molar-refractivity contribution in [3.8, 4) is 28.0 Å². The van der Waals surface area contributed by atoms with Crippen LogP contribution >= 0.6 is 0 Å². The van der Waals surface area contributed by atoms with Gasteiger partial charge in [0.1, 0.15) is 11.9 Å². The first kappa shape index (κ1) is 24.6. The summed E-state index contributed by atoms with van der Waals surface area (Å²) in [4.78, 5) is 12.0. The molecular weight excluding hydrogens is 408 g/mol. The van der Waals surface area contributed by atoms with Crippen molar-refractivity contribution in [1.82, 2.24) is 0 Å². The number of carbonyl (C=O) groups is 1. The van der Waals surface area contributed by atoms with E-state index in [0.29, 0.717) is 6.42 Å². The molecule has 174 valence electrons. The molecule has 0 heterocycles. The van der Waals surface area contributed by atoms with Gasteiger partial charge in [-0.15, -0.1) is 0 Å². The number of ether oxygens (including phenoxy) is 2. The highest BCUT2D eigenvalue weighted by molar-refractivity contribution is 5.83. The van der Waals surface area contributed by atoms with Gasteiger partial charge in [0.15, 0.2) is 0 Å². The molecule has 0 aliphatic carbocycles. The molecule has 3 aromatic carbocycles. The van der Waals surface area contributed by atoms with Crippen LogP contribution in [0.5, 0.6) is 5.75 Å². The van der Waals surface area contributed by atoms with E-state index in [4.69, 9.17) is 9.47 Å². The van der Waals surface area contributed by atoms with Gasteiger partial charge < -0.3 is 9.47 Å². The normalized spacial score (nSPS) is 11.7. The second-order valence-electron chi connectivity index (χ2n) is 8.48. The Labute approximate surface area is 198 Å². The molecule has 3 rings (SSSR count). The van der Waals surface area contributed by atoms with E-state index < -0.39 is 0 Å². The average Bonchev–Trinajstić information content (AvgIpc) is 2.86. The third kappa shape index (κ3) is 7.21. The summed E-state index contributed by atoms with van der Waals surface area (Å²) in [6.07, 6.45) is 5.58. The van der Waals surface area contributed by atoms with Crippen LogP contribution in [0.25, 0.3) is 22.3 Å². The fraction of sp³-hybridized carbons (Fsp3) is 0.367. The smallest absolute Gasteiger partial charge is 0.306 e. The summed E-state index contributed by atoms with van der Waals surface area (Å²) in [7, 11) is 0. The molecule has 0 N–H and O–H groups in total. The molecule has 0 fully saturated rings. The van der Waals surface area contributed by atoms with E-state index in [1.807, 2.05) is 6.92 Å². The number of carbonyl (C=O) groups excluding carboxylic acids is 1. The second-order valence-corrected chi connectivity index (χ2v) is 8.48. The Morgan fingerprint density at radius 1 is 0.758 bits per heavy atom. The molecule has 0 bridgehead atoms. The minimum atomic E-state index is -0.247. The summed E-state index contributed by atoms with van der Waals surface area (Å²) in [6.45, 7) is 6.97. The van der Waals surface area contributed by atoms with Crippen LogP contribution in [0.3, 0.4) is 0 Å². The Balaban J connectivity index is 1.71. The zero-order valence-electron chi connectivity index (χ0n) is 20.2. The van der Waals surface area contributed by atoms with Crippen molar-refractivity contribution in [2.45, 2.75) is 65.4 Å². The minimum Gasteiger partial charge on any atom is -0.494 e. The van der Waals surface area contributed by atoms with Gasteiger partial charge in [0.2, 0.25) is 0 Å². The molecule has 0 spiro atoms. The topological polar surface area (TPSA) is 35.5 Å². The highest BCUT2D eigenvalue weighted by Gasteiger charge is 2.13. The summed E-state index contributed by atoms with van der Waals surface area (Å²) < 4.78 is 11.4. The van der Waals surface area contributed by atoms with E-state index in [-0.39, 0.29) is 12.1 Å². The standard InChI is InChI=1S/C30H36O3/c1-4-6-10-22-32-27-20-18-26(19-21-27)29-12-9-8-11-28(29)25-16-14-24(15-17-25)23(3)33-30(31)13-7-5-2/h8-9,11-12,14-21,23H,4-7,10,13,22H2,1-3H3. The molecule has 3 aromatic rings. The van der Waals surface area contributed by atoms with Crippen molar-refractivity contribution >= 4 is 5.97 Å². The summed E-state index contributed by atoms with van der Waals surface area (Å²) in [5, 5.41) is 0. The quantitative estimate of drug-likeness (QED) is 0.208. The molecular formula is C30H36O3. The van der Waals surface area contributed by atoms with Crippen LogP contribution in [0.1, 0.15) is 71.0 Å². The first-order chi connectivity index (χ1) is 16.1. The van der Waals surface area contributed by atoms with Crippen LogP contribution in [0.4, 0.5) is 0 Å². The van der Waals surface area contributed by atoms with Gasteiger partial charge in [-0.1, -0.05) is 93.8 Å². The van der Waals surface area contributed by atoms with Crippen molar-refractivity contribution < 1.29 is 14.3 Å². The molecule has 3 heteroatoms. The Bertz CT molecular complexity index is 990. The van der Waals surface area contributed by atoms with E-state index in [0.717, 1.165) is 48.3 Å². The molecule has 0 saturated carbocycles. The third-order valence-electron chi connectivity index (χ3n) is 5.84. The molecule has 0 aromatic heterocycles. The summed E-state index contributed by atoms with van der Waals surface area (Å²) in [5.74, 6) is 0.788. The number of hydrogen-bond acceptors (Lipinski definition) is 3. The number of esters is 1. The van der Waals surface area contributed by atoms with Gasteiger partial charge in [-0.3, -0.25) is 4.79 Å². The Morgan fingerprint density at radius 2 is 1.33 bits per heavy atom. The molecule has 0 aliphatic heterocycles. The Morgan fingerprint density at radius 3 is 1.91 bits per heavy atom. The minimum absolute atomic E-state index is 0.128. The lowest BCUT2D eigenvalue weighted by Gasteiger charge is -2.15. The van der Waals surface area contributed by atoms with Crippen LogP contribution in [-0.2, 0) is 9.53 Å². The Kier molecular flexibility index (Phi) is 9.56. The predicted molar refractivity (Wildman–Crippen MR) is 136 cm³/mol. The van der Waals surface area contributed by atoms with E-state index in [9.17, 15) is 4.79 Å². The maximum absolute atomic E-state index is 12.0. The van der Waals surface area contributed by atoms with Gasteiger partial charge in [-0.25, -0.2) is 0 Å². The first-order valence-corrected chi connectivity index (χ1v) is 12.2. The summed E-state index contributed by atoms with van der Waals surface area (Å²) in [5.41, 5.74) is 5.66. The maximum atomic E-state index is 12.0. The SMILES string of the molecule is CCCCCOc1ccc(-c2ccccc2-c2ccc(C(C)OC(=O)CCCC)cc2)cc1. The predicted octanol–water partition coefficient (Wildman–Crippen LogP) is 8.38. The van der Waals surface area contributed by atoms with Gasteiger partial charge in [-0.05, 0) is 59.7 Å². The second kappa shape index (κ2) is 12.8. The number of rotatable bonds is 12. The lowest BCUT2D eigenvalue weighted by molar-refractivity contribution is -0.148. The molecule has 1 atom stereocenters. The summed E-state index contributed by atoms with van der Waals surface area (Å²) >= 11 is 0. The van der Waals surface area contributed by atoms with Gasteiger partial charge in [0, 0.05) is 6.42 Å². The van der Waals surface area contributed by atoms with E-state index >= 15 is 0 Å². The van der Waals surface area contributed by atoms with Crippen molar-refractivity contribution in [1.29, 1.82) is 0 Å². The van der Waals surface area contributed by atoms with Gasteiger partial charge >= 0.3 is 5.97 Å². The monoisotopic (exact) mass is 444 g/mol. The van der Waals surface area contributed by atoms with Gasteiger partial charge in [0.25, 0.3) is 0 Å². The molecule has 0 radical (unpaired) electrons. The fourth-order valence-electron chi connectivity index (χ4n) is 3.84. The van der Waals surface area contributed by atoms with Crippen molar-refractivity contribution in [3.05, 3.63) is 78.4 Å². The molecule has 0 amide bonds. The molecule has 0 saturated heterocycles. The van der Waals surface area contributed by atoms with Crippen molar-refractivity contribution in [2.75, 3.05) is 6.61 Å². The number of hydrogen-bond donors (Lipinski definition) is 0. The van der Waals surface area contributed by atoms with Crippen molar-refractivity contribution in [2.24, 2.45) is 0 Å². The molecule has 1 unspecified atom stereocenters. The van der Waals surface area contributed by atoms with E-state index in [1.165, 1.54) is 24.0 Å². The number of benzene rings is 3. The average molecular weight is 445 g/mol. The molecule has 33 heavy (non-hydrogen) atoms. The van der Waals surface area contributed by atoms with Crippen LogP contribution in [-0.4, -0.2) is 12.6 Å². The molecule has 0 aliphatic rings. The number of unbranched alkanes of at least 4 members (excludes halogenated alkanes) is 3. The lowest BCUT2D eigenvalue weighted by Crippen LogP contribution is -2.08. The van der Waals surface area contributed by atoms with Gasteiger partial charge in [0.05, 0.1) is 6.61 Å². The highest BCUT2D eigenvalue weighted by Crippen LogP contribution is 2.33. The summed E-state index contributed by atoms with van der Waals surface area (Å²) in [6, 6.07) is 25.1.